The van der Waals surface area contributed by atoms with Crippen LogP contribution in [0.25, 0.3) is 0 Å². The maximum Gasteiger partial charge on any atom is 0.175 e. The molecule has 0 aliphatic heterocycles. The molecule has 0 radical (unpaired) electrons. The van der Waals surface area contributed by atoms with Crippen molar-refractivity contribution < 1.29 is 0 Å². The van der Waals surface area contributed by atoms with Crippen LogP contribution in [0.3, 0.4) is 0 Å². The monoisotopic (exact) mass is 168 g/mol. The van der Waals surface area contributed by atoms with Gasteiger partial charge in [-0.05, 0) is 0 Å². The average Bonchev–Trinajstić information content (AvgIpc) is 1.88. The average molecular weight is 168 g/mol. The number of nitrogens with zero attached hydrogens (tertiary/aromatic N) is 2. The zero-order chi connectivity index (χ0) is 8.41. The second-order valence-electron chi connectivity index (χ2n) is 3.47. The summed E-state index contributed by atoms with van der Waals surface area (Å²) in [6.07, 6.45) is 0. The van der Waals surface area contributed by atoms with E-state index < -0.39 is 15.2 Å². The molecule has 0 bridgehead atoms. The molecule has 0 N–H and O–H groups in total. The third-order valence-electron chi connectivity index (χ3n) is 2.12. The lowest BCUT2D eigenvalue weighted by molar-refractivity contribution is 1.53. The molecule has 0 fully saturated rings. The largest absolute Gasteiger partial charge is 0.207 e. The predicted octanol–water partition coefficient (Wildman–Crippen LogP) is 1.61. The molecule has 0 aromatic heterocycles. The fraction of sp³-hybridized carbons (Fsp3) is 0.667. The van der Waals surface area contributed by atoms with Crippen LogP contribution in [0.15, 0.2) is 0 Å². The zero-order valence-electron chi connectivity index (χ0n) is 6.89. The second kappa shape index (κ2) is 2.57. The molecule has 0 aliphatic carbocycles. The van der Waals surface area contributed by atoms with Gasteiger partial charge in [0.1, 0.15) is 0 Å². The van der Waals surface area contributed by atoms with E-state index in [0.717, 1.165) is 0 Å². The first-order valence-electron chi connectivity index (χ1n) is 3.20. The first-order chi connectivity index (χ1) is 4.37. The standard InChI is InChI=1S/C6H12N2Si2/c1-9(2,5-7)10(3,4)6-8/h1-4H3. The Kier molecular flexibility index (Phi) is 2.42. The van der Waals surface area contributed by atoms with E-state index in [0.29, 0.717) is 0 Å². The summed E-state index contributed by atoms with van der Waals surface area (Å²) in [5.41, 5.74) is 4.62. The van der Waals surface area contributed by atoms with Gasteiger partial charge >= 0.3 is 0 Å². The Balaban J connectivity index is 4.71. The summed E-state index contributed by atoms with van der Waals surface area (Å²) < 4.78 is 0. The summed E-state index contributed by atoms with van der Waals surface area (Å²) in [5.74, 6) is 0. The molecular formula is C6H12N2Si2. The molecule has 0 heterocycles. The highest BCUT2D eigenvalue weighted by molar-refractivity contribution is 7.46. The molecule has 2 nitrogen and oxygen atoms in total. The molecule has 0 aromatic carbocycles. The number of hydrogen-bond donors (Lipinski definition) is 0. The second-order valence-corrected chi connectivity index (χ2v) is 17.9. The van der Waals surface area contributed by atoms with Crippen LogP contribution in [0, 0.1) is 21.9 Å². The van der Waals surface area contributed by atoms with Crippen molar-refractivity contribution in [3.05, 3.63) is 0 Å². The van der Waals surface area contributed by atoms with Crippen LogP contribution in [0.5, 0.6) is 0 Å². The van der Waals surface area contributed by atoms with E-state index in [2.05, 4.69) is 11.4 Å². The normalized spacial score (nSPS) is 11.8. The fourth-order valence-electron chi connectivity index (χ4n) is 0.280. The molecule has 0 amide bonds. The lowest BCUT2D eigenvalue weighted by Crippen LogP contribution is -2.53. The Labute approximate surface area is 63.9 Å². The Morgan fingerprint density at radius 2 is 1.00 bits per heavy atom. The molecule has 0 aromatic rings. The molecule has 10 heavy (non-hydrogen) atoms. The SMILES string of the molecule is C[Si](C)(C#N)[Si](C)(C)C#N. The maximum absolute atomic E-state index is 8.76. The third kappa shape index (κ3) is 1.47. The Hall–Kier alpha value is -0.586. The van der Waals surface area contributed by atoms with Crippen LogP contribution < -0.4 is 0 Å². The Morgan fingerprint density at radius 3 is 1.10 bits per heavy atom. The highest BCUT2D eigenvalue weighted by Gasteiger charge is 2.43. The molecule has 0 rings (SSSR count). The maximum atomic E-state index is 8.76. The van der Waals surface area contributed by atoms with Crippen molar-refractivity contribution in [3.63, 3.8) is 0 Å². The minimum Gasteiger partial charge on any atom is -0.207 e. The molecule has 0 aliphatic rings. The van der Waals surface area contributed by atoms with Crippen LogP contribution in [0.4, 0.5) is 0 Å². The predicted molar refractivity (Wildman–Crippen MR) is 46.2 cm³/mol. The van der Waals surface area contributed by atoms with Gasteiger partial charge in [-0.2, -0.15) is 0 Å². The number of nitriles is 2. The summed E-state index contributed by atoms with van der Waals surface area (Å²) >= 11 is 0. The van der Waals surface area contributed by atoms with Crippen LogP contribution >= 0.6 is 0 Å². The summed E-state index contributed by atoms with van der Waals surface area (Å²) in [4.78, 5) is 0. The van der Waals surface area contributed by atoms with Gasteiger partial charge in [0.25, 0.3) is 0 Å². The smallest absolute Gasteiger partial charge is 0.175 e. The Bertz CT molecular complexity index is 183. The van der Waals surface area contributed by atoms with E-state index in [4.69, 9.17) is 10.5 Å². The molecule has 54 valence electrons. The minimum atomic E-state index is -1.82. The van der Waals surface area contributed by atoms with E-state index in [1.165, 1.54) is 0 Å². The van der Waals surface area contributed by atoms with Gasteiger partial charge in [0, 0.05) is 11.4 Å². The van der Waals surface area contributed by atoms with Gasteiger partial charge in [0.05, 0.1) is 0 Å². The number of rotatable bonds is 1. The van der Waals surface area contributed by atoms with Crippen LogP contribution in [-0.2, 0) is 0 Å². The topological polar surface area (TPSA) is 47.6 Å². The molecule has 0 atom stereocenters. The van der Waals surface area contributed by atoms with E-state index in [-0.39, 0.29) is 0 Å². The van der Waals surface area contributed by atoms with Crippen molar-refractivity contribution >= 4 is 15.2 Å². The van der Waals surface area contributed by atoms with E-state index in [1.54, 1.807) is 0 Å². The summed E-state index contributed by atoms with van der Waals surface area (Å²) in [5, 5.41) is 17.5. The number of hydrogen-bond acceptors (Lipinski definition) is 2. The van der Waals surface area contributed by atoms with Gasteiger partial charge in [0.2, 0.25) is 0 Å². The highest BCUT2D eigenvalue weighted by Crippen LogP contribution is 2.16. The van der Waals surface area contributed by atoms with E-state index >= 15 is 0 Å². The van der Waals surface area contributed by atoms with Gasteiger partial charge in [-0.15, -0.1) is 0 Å². The molecule has 0 saturated heterocycles. The summed E-state index contributed by atoms with van der Waals surface area (Å²) in [6.45, 7) is 7.90. The van der Waals surface area contributed by atoms with Crippen LogP contribution in [-0.4, -0.2) is 15.2 Å². The summed E-state index contributed by atoms with van der Waals surface area (Å²) in [7, 11) is -3.64. The van der Waals surface area contributed by atoms with E-state index in [1.807, 2.05) is 26.2 Å². The van der Waals surface area contributed by atoms with Gasteiger partial charge < -0.3 is 0 Å². The van der Waals surface area contributed by atoms with Crippen LogP contribution in [0.2, 0.25) is 26.2 Å². The van der Waals surface area contributed by atoms with Crippen molar-refractivity contribution in [2.75, 3.05) is 0 Å². The van der Waals surface area contributed by atoms with Gasteiger partial charge in [-0.3, -0.25) is 0 Å². The first kappa shape index (κ1) is 9.41. The molecule has 0 saturated carbocycles. The third-order valence-corrected chi connectivity index (χ3v) is 16.4. The van der Waals surface area contributed by atoms with Crippen molar-refractivity contribution in [2.45, 2.75) is 26.2 Å². The van der Waals surface area contributed by atoms with Gasteiger partial charge in [0.15, 0.2) is 15.2 Å². The minimum absolute atomic E-state index is 1.82. The lowest BCUT2D eigenvalue weighted by atomic mass is 11.7. The van der Waals surface area contributed by atoms with Gasteiger partial charge in [-0.1, -0.05) is 26.2 Å². The van der Waals surface area contributed by atoms with Crippen molar-refractivity contribution in [2.24, 2.45) is 0 Å². The lowest BCUT2D eigenvalue weighted by Gasteiger charge is -2.23. The molecule has 0 spiro atoms. The Morgan fingerprint density at radius 1 is 0.800 bits per heavy atom. The van der Waals surface area contributed by atoms with Gasteiger partial charge in [-0.25, -0.2) is 10.5 Å². The quantitative estimate of drug-likeness (QED) is 0.558. The van der Waals surface area contributed by atoms with E-state index in [9.17, 15) is 0 Å². The molecule has 4 heteroatoms. The van der Waals surface area contributed by atoms with Crippen molar-refractivity contribution in [3.8, 4) is 11.4 Å². The van der Waals surface area contributed by atoms with Crippen LogP contribution in [0.1, 0.15) is 0 Å². The fourth-order valence-corrected chi connectivity index (χ4v) is 2.52. The van der Waals surface area contributed by atoms with Crippen molar-refractivity contribution in [1.29, 1.82) is 10.5 Å². The zero-order valence-corrected chi connectivity index (χ0v) is 8.89. The molecular weight excluding hydrogens is 156 g/mol. The molecule has 0 unspecified atom stereocenters. The highest BCUT2D eigenvalue weighted by atomic mass is 29.3. The van der Waals surface area contributed by atoms with Crippen molar-refractivity contribution in [1.82, 2.24) is 0 Å². The first-order valence-corrected chi connectivity index (χ1v) is 10.2. The summed E-state index contributed by atoms with van der Waals surface area (Å²) in [6, 6.07) is 0.